The van der Waals surface area contributed by atoms with Crippen molar-refractivity contribution < 1.29 is 4.74 Å². The highest BCUT2D eigenvalue weighted by Gasteiger charge is 1.95. The molecule has 0 bridgehead atoms. The maximum Gasteiger partial charge on any atom is 0.148 e. The van der Waals surface area contributed by atoms with Crippen LogP contribution >= 0.6 is 0 Å². The number of ether oxygens (including phenoxy) is 1. The SMILES string of the molecule is CC(C)OCCNc1ccn(C)n1. The number of anilines is 1. The topological polar surface area (TPSA) is 39.1 Å². The summed E-state index contributed by atoms with van der Waals surface area (Å²) in [6, 6.07) is 1.94. The molecule has 0 saturated heterocycles. The Hall–Kier alpha value is -1.03. The lowest BCUT2D eigenvalue weighted by atomic mass is 10.5. The fraction of sp³-hybridized carbons (Fsp3) is 0.667. The summed E-state index contributed by atoms with van der Waals surface area (Å²) < 4.78 is 7.14. The summed E-state index contributed by atoms with van der Waals surface area (Å²) in [5.41, 5.74) is 0. The molecular weight excluding hydrogens is 166 g/mol. The van der Waals surface area contributed by atoms with E-state index in [2.05, 4.69) is 10.4 Å². The summed E-state index contributed by atoms with van der Waals surface area (Å²) in [6.45, 7) is 5.57. The van der Waals surface area contributed by atoms with Crippen molar-refractivity contribution in [1.29, 1.82) is 0 Å². The molecule has 0 fully saturated rings. The molecule has 1 N–H and O–H groups in total. The summed E-state index contributed by atoms with van der Waals surface area (Å²) in [6.07, 6.45) is 2.21. The summed E-state index contributed by atoms with van der Waals surface area (Å²) in [5.74, 6) is 0.898. The van der Waals surface area contributed by atoms with Crippen molar-refractivity contribution in [3.63, 3.8) is 0 Å². The van der Waals surface area contributed by atoms with Gasteiger partial charge in [0.05, 0.1) is 12.7 Å². The van der Waals surface area contributed by atoms with Crippen LogP contribution in [0.25, 0.3) is 0 Å². The molecule has 0 saturated carbocycles. The van der Waals surface area contributed by atoms with Crippen molar-refractivity contribution in [3.8, 4) is 0 Å². The first-order valence-corrected chi connectivity index (χ1v) is 4.53. The first-order valence-electron chi connectivity index (χ1n) is 4.53. The van der Waals surface area contributed by atoms with Gasteiger partial charge >= 0.3 is 0 Å². The van der Waals surface area contributed by atoms with Gasteiger partial charge in [-0.3, -0.25) is 4.68 Å². The van der Waals surface area contributed by atoms with Crippen LogP contribution in [0.2, 0.25) is 0 Å². The van der Waals surface area contributed by atoms with Gasteiger partial charge in [0, 0.05) is 25.9 Å². The van der Waals surface area contributed by atoms with Gasteiger partial charge in [-0.1, -0.05) is 0 Å². The van der Waals surface area contributed by atoms with Crippen LogP contribution in [0.15, 0.2) is 12.3 Å². The second-order valence-electron chi connectivity index (χ2n) is 3.22. The third-order valence-corrected chi connectivity index (χ3v) is 1.57. The second-order valence-corrected chi connectivity index (χ2v) is 3.22. The van der Waals surface area contributed by atoms with E-state index in [1.165, 1.54) is 0 Å². The van der Waals surface area contributed by atoms with E-state index >= 15 is 0 Å². The Morgan fingerprint density at radius 1 is 1.62 bits per heavy atom. The van der Waals surface area contributed by atoms with E-state index in [1.54, 1.807) is 4.68 Å². The van der Waals surface area contributed by atoms with E-state index in [-0.39, 0.29) is 0 Å². The van der Waals surface area contributed by atoms with Crippen LogP contribution in [0.5, 0.6) is 0 Å². The molecule has 0 atom stereocenters. The third-order valence-electron chi connectivity index (χ3n) is 1.57. The molecule has 1 heterocycles. The minimum absolute atomic E-state index is 0.297. The Morgan fingerprint density at radius 2 is 2.38 bits per heavy atom. The minimum atomic E-state index is 0.297. The monoisotopic (exact) mass is 183 g/mol. The molecule has 74 valence electrons. The molecule has 4 nitrogen and oxygen atoms in total. The zero-order chi connectivity index (χ0) is 9.68. The Morgan fingerprint density at radius 3 is 2.92 bits per heavy atom. The van der Waals surface area contributed by atoms with Crippen molar-refractivity contribution in [2.45, 2.75) is 20.0 Å². The molecule has 1 aromatic heterocycles. The van der Waals surface area contributed by atoms with E-state index in [9.17, 15) is 0 Å². The van der Waals surface area contributed by atoms with Gasteiger partial charge in [0.2, 0.25) is 0 Å². The lowest BCUT2D eigenvalue weighted by Gasteiger charge is -2.07. The van der Waals surface area contributed by atoms with Gasteiger partial charge in [-0.05, 0) is 13.8 Å². The van der Waals surface area contributed by atoms with Crippen LogP contribution < -0.4 is 5.32 Å². The van der Waals surface area contributed by atoms with Crippen LogP contribution in [-0.2, 0) is 11.8 Å². The molecule has 1 aromatic rings. The Kier molecular flexibility index (Phi) is 3.76. The van der Waals surface area contributed by atoms with Crippen molar-refractivity contribution in [2.75, 3.05) is 18.5 Å². The van der Waals surface area contributed by atoms with E-state index in [0.29, 0.717) is 12.7 Å². The minimum Gasteiger partial charge on any atom is -0.377 e. The average molecular weight is 183 g/mol. The number of aryl methyl sites for hydroxylation is 1. The van der Waals surface area contributed by atoms with Crippen LogP contribution in [0.3, 0.4) is 0 Å². The maximum absolute atomic E-state index is 5.37. The number of hydrogen-bond acceptors (Lipinski definition) is 3. The third kappa shape index (κ3) is 3.94. The Labute approximate surface area is 78.9 Å². The number of rotatable bonds is 5. The largest absolute Gasteiger partial charge is 0.377 e. The van der Waals surface area contributed by atoms with Gasteiger partial charge in [0.15, 0.2) is 0 Å². The van der Waals surface area contributed by atoms with E-state index in [4.69, 9.17) is 4.74 Å². The molecule has 1 rings (SSSR count). The molecule has 0 aliphatic heterocycles. The highest BCUT2D eigenvalue weighted by Crippen LogP contribution is 1.99. The zero-order valence-corrected chi connectivity index (χ0v) is 8.45. The molecule has 13 heavy (non-hydrogen) atoms. The maximum atomic E-state index is 5.37. The fourth-order valence-electron chi connectivity index (χ4n) is 0.983. The van der Waals surface area contributed by atoms with Crippen LogP contribution in [0.4, 0.5) is 5.82 Å². The van der Waals surface area contributed by atoms with Crippen LogP contribution in [0.1, 0.15) is 13.8 Å². The van der Waals surface area contributed by atoms with E-state index < -0.39 is 0 Å². The molecule has 4 heteroatoms. The van der Waals surface area contributed by atoms with Gasteiger partial charge in [-0.2, -0.15) is 5.10 Å². The number of hydrogen-bond donors (Lipinski definition) is 1. The van der Waals surface area contributed by atoms with Gasteiger partial charge < -0.3 is 10.1 Å². The molecule has 0 aliphatic carbocycles. The fourth-order valence-corrected chi connectivity index (χ4v) is 0.983. The van der Waals surface area contributed by atoms with E-state index in [1.807, 2.05) is 33.2 Å². The van der Waals surface area contributed by atoms with E-state index in [0.717, 1.165) is 12.4 Å². The summed E-state index contributed by atoms with van der Waals surface area (Å²) in [4.78, 5) is 0. The highest BCUT2D eigenvalue weighted by atomic mass is 16.5. The number of nitrogens with zero attached hydrogens (tertiary/aromatic N) is 2. The molecule has 0 radical (unpaired) electrons. The second kappa shape index (κ2) is 4.87. The lowest BCUT2D eigenvalue weighted by Crippen LogP contribution is -2.13. The first-order chi connectivity index (χ1) is 6.18. The van der Waals surface area contributed by atoms with Crippen molar-refractivity contribution >= 4 is 5.82 Å². The van der Waals surface area contributed by atoms with Gasteiger partial charge in [0.25, 0.3) is 0 Å². The van der Waals surface area contributed by atoms with Gasteiger partial charge in [0.1, 0.15) is 5.82 Å². The number of nitrogens with one attached hydrogen (secondary N) is 1. The standard InChI is InChI=1S/C9H17N3O/c1-8(2)13-7-5-10-9-4-6-12(3)11-9/h4,6,8H,5,7H2,1-3H3,(H,10,11). The summed E-state index contributed by atoms with van der Waals surface area (Å²) in [7, 11) is 1.90. The molecule has 0 spiro atoms. The van der Waals surface area contributed by atoms with Crippen LogP contribution in [0, 0.1) is 0 Å². The average Bonchev–Trinajstić information content (AvgIpc) is 2.45. The highest BCUT2D eigenvalue weighted by molar-refractivity contribution is 5.31. The number of aromatic nitrogens is 2. The van der Waals surface area contributed by atoms with Gasteiger partial charge in [-0.25, -0.2) is 0 Å². The van der Waals surface area contributed by atoms with Crippen LogP contribution in [-0.4, -0.2) is 29.0 Å². The van der Waals surface area contributed by atoms with Crippen molar-refractivity contribution in [3.05, 3.63) is 12.3 Å². The quantitative estimate of drug-likeness (QED) is 0.698. The van der Waals surface area contributed by atoms with Crippen molar-refractivity contribution in [2.24, 2.45) is 7.05 Å². The van der Waals surface area contributed by atoms with Gasteiger partial charge in [-0.15, -0.1) is 0 Å². The molecule has 0 unspecified atom stereocenters. The predicted molar refractivity (Wildman–Crippen MR) is 52.8 cm³/mol. The normalized spacial score (nSPS) is 10.8. The predicted octanol–water partition coefficient (Wildman–Crippen LogP) is 1.26. The molecule has 0 aliphatic rings. The Bertz CT molecular complexity index is 245. The molecule has 0 aromatic carbocycles. The summed E-state index contributed by atoms with van der Waals surface area (Å²) in [5, 5.41) is 7.34. The smallest absolute Gasteiger partial charge is 0.148 e. The molecular formula is C9H17N3O. The lowest BCUT2D eigenvalue weighted by molar-refractivity contribution is 0.0870. The first kappa shape index (κ1) is 10.1. The summed E-state index contributed by atoms with van der Waals surface area (Å²) >= 11 is 0. The Balaban J connectivity index is 2.13. The molecule has 0 amide bonds. The zero-order valence-electron chi connectivity index (χ0n) is 8.45. The van der Waals surface area contributed by atoms with Crippen molar-refractivity contribution in [1.82, 2.24) is 9.78 Å².